The van der Waals surface area contributed by atoms with Crippen LogP contribution in [0.25, 0.3) is 0 Å². The van der Waals surface area contributed by atoms with Gasteiger partial charge in [-0.15, -0.1) is 0 Å². The molecule has 2 aromatic rings. The van der Waals surface area contributed by atoms with E-state index in [0.29, 0.717) is 0 Å². The highest BCUT2D eigenvalue weighted by Gasteiger charge is 2.08. The number of benzene rings is 2. The quantitative estimate of drug-likeness (QED) is 0.882. The highest BCUT2D eigenvalue weighted by atomic mass is 19.1. The van der Waals surface area contributed by atoms with Crippen LogP contribution in [0.1, 0.15) is 24.1 Å². The Morgan fingerprint density at radius 3 is 2.26 bits per heavy atom. The SMILES string of the molecule is C[C@@H](NCc1cc(F)ccc1F)c1ccc(F)cc1. The van der Waals surface area contributed by atoms with Crippen molar-refractivity contribution >= 4 is 0 Å². The van der Waals surface area contributed by atoms with Crippen LogP contribution in [0.4, 0.5) is 13.2 Å². The molecule has 0 saturated heterocycles. The molecular formula is C15H14F3N. The Morgan fingerprint density at radius 1 is 0.947 bits per heavy atom. The molecule has 0 aliphatic rings. The molecule has 19 heavy (non-hydrogen) atoms. The van der Waals surface area contributed by atoms with Gasteiger partial charge in [0.1, 0.15) is 17.5 Å². The van der Waals surface area contributed by atoms with Crippen molar-refractivity contribution in [3.05, 3.63) is 71.0 Å². The summed E-state index contributed by atoms with van der Waals surface area (Å²) >= 11 is 0. The van der Waals surface area contributed by atoms with E-state index in [4.69, 9.17) is 0 Å². The molecule has 0 amide bonds. The van der Waals surface area contributed by atoms with Gasteiger partial charge in [-0.1, -0.05) is 12.1 Å². The van der Waals surface area contributed by atoms with E-state index in [9.17, 15) is 13.2 Å². The second-order valence-corrected chi connectivity index (χ2v) is 4.39. The fourth-order valence-corrected chi connectivity index (χ4v) is 1.81. The Bertz CT molecular complexity index is 552. The lowest BCUT2D eigenvalue weighted by atomic mass is 10.1. The van der Waals surface area contributed by atoms with E-state index in [1.807, 2.05) is 6.92 Å². The largest absolute Gasteiger partial charge is 0.306 e. The van der Waals surface area contributed by atoms with Crippen molar-refractivity contribution in [2.45, 2.75) is 19.5 Å². The van der Waals surface area contributed by atoms with E-state index in [0.717, 1.165) is 17.7 Å². The Balaban J connectivity index is 2.02. The summed E-state index contributed by atoms with van der Waals surface area (Å²) in [6, 6.07) is 9.34. The third-order valence-electron chi connectivity index (χ3n) is 2.98. The standard InChI is InChI=1S/C15H14F3N/c1-10(11-2-4-13(16)5-3-11)19-9-12-8-14(17)6-7-15(12)18/h2-8,10,19H,9H2,1H3/t10-/m1/s1. The van der Waals surface area contributed by atoms with Gasteiger partial charge >= 0.3 is 0 Å². The number of nitrogens with one attached hydrogen (secondary N) is 1. The van der Waals surface area contributed by atoms with Gasteiger partial charge in [0.25, 0.3) is 0 Å². The van der Waals surface area contributed by atoms with Crippen LogP contribution in [-0.4, -0.2) is 0 Å². The first-order valence-corrected chi connectivity index (χ1v) is 5.99. The van der Waals surface area contributed by atoms with Crippen molar-refractivity contribution < 1.29 is 13.2 Å². The molecule has 1 nitrogen and oxygen atoms in total. The zero-order valence-corrected chi connectivity index (χ0v) is 10.5. The van der Waals surface area contributed by atoms with Gasteiger partial charge in [0.05, 0.1) is 0 Å². The highest BCUT2D eigenvalue weighted by Crippen LogP contribution is 2.15. The molecule has 4 heteroatoms. The van der Waals surface area contributed by atoms with Gasteiger partial charge in [-0.3, -0.25) is 0 Å². The van der Waals surface area contributed by atoms with Crippen LogP contribution < -0.4 is 5.32 Å². The average Bonchev–Trinajstić information content (AvgIpc) is 2.40. The van der Waals surface area contributed by atoms with Gasteiger partial charge in [0.15, 0.2) is 0 Å². The van der Waals surface area contributed by atoms with E-state index >= 15 is 0 Å². The summed E-state index contributed by atoms with van der Waals surface area (Å²) in [6.07, 6.45) is 0. The molecule has 0 aromatic heterocycles. The lowest BCUT2D eigenvalue weighted by Crippen LogP contribution is -2.18. The van der Waals surface area contributed by atoms with Crippen molar-refractivity contribution in [3.63, 3.8) is 0 Å². The number of halogens is 3. The van der Waals surface area contributed by atoms with Crippen LogP contribution in [0, 0.1) is 17.5 Å². The molecule has 0 fully saturated rings. The number of hydrogen-bond acceptors (Lipinski definition) is 1. The van der Waals surface area contributed by atoms with Crippen LogP contribution in [0.3, 0.4) is 0 Å². The minimum Gasteiger partial charge on any atom is -0.306 e. The van der Waals surface area contributed by atoms with Gasteiger partial charge in [0, 0.05) is 18.2 Å². The maximum atomic E-state index is 13.4. The molecule has 0 radical (unpaired) electrons. The van der Waals surface area contributed by atoms with Crippen LogP contribution in [0.2, 0.25) is 0 Å². The molecule has 0 heterocycles. The molecular weight excluding hydrogens is 251 g/mol. The molecule has 0 bridgehead atoms. The van der Waals surface area contributed by atoms with Crippen LogP contribution in [0.5, 0.6) is 0 Å². The van der Waals surface area contributed by atoms with E-state index in [2.05, 4.69) is 5.32 Å². The molecule has 0 aliphatic carbocycles. The lowest BCUT2D eigenvalue weighted by Gasteiger charge is -2.14. The minimum atomic E-state index is -0.465. The Kier molecular flexibility index (Phi) is 4.22. The van der Waals surface area contributed by atoms with Crippen molar-refractivity contribution in [1.29, 1.82) is 0 Å². The minimum absolute atomic E-state index is 0.0803. The van der Waals surface area contributed by atoms with Gasteiger partial charge in [0.2, 0.25) is 0 Å². The summed E-state index contributed by atoms with van der Waals surface area (Å²) < 4.78 is 39.2. The van der Waals surface area contributed by atoms with Gasteiger partial charge in [-0.25, -0.2) is 13.2 Å². The van der Waals surface area contributed by atoms with Gasteiger partial charge in [-0.05, 0) is 42.8 Å². The summed E-state index contributed by atoms with van der Waals surface area (Å²) in [7, 11) is 0. The first-order chi connectivity index (χ1) is 9.06. The smallest absolute Gasteiger partial charge is 0.127 e. The fourth-order valence-electron chi connectivity index (χ4n) is 1.81. The monoisotopic (exact) mass is 265 g/mol. The summed E-state index contributed by atoms with van der Waals surface area (Å²) in [4.78, 5) is 0. The van der Waals surface area contributed by atoms with E-state index in [-0.39, 0.29) is 24.0 Å². The van der Waals surface area contributed by atoms with E-state index < -0.39 is 11.6 Å². The molecule has 0 saturated carbocycles. The summed E-state index contributed by atoms with van der Waals surface area (Å²) in [5.74, 6) is -1.21. The lowest BCUT2D eigenvalue weighted by molar-refractivity contribution is 0.534. The van der Waals surface area contributed by atoms with Crippen LogP contribution in [-0.2, 0) is 6.54 Å². The zero-order valence-electron chi connectivity index (χ0n) is 10.5. The first kappa shape index (κ1) is 13.6. The molecule has 0 unspecified atom stereocenters. The summed E-state index contributed by atoms with van der Waals surface area (Å²) in [5.41, 5.74) is 1.16. The maximum absolute atomic E-state index is 13.4. The summed E-state index contributed by atoms with van der Waals surface area (Å²) in [6.45, 7) is 2.09. The Labute approximate surface area is 110 Å². The third kappa shape index (κ3) is 3.58. The maximum Gasteiger partial charge on any atom is 0.127 e. The third-order valence-corrected chi connectivity index (χ3v) is 2.98. The second kappa shape index (κ2) is 5.89. The predicted molar refractivity (Wildman–Crippen MR) is 68.0 cm³/mol. The predicted octanol–water partition coefficient (Wildman–Crippen LogP) is 3.95. The van der Waals surface area contributed by atoms with Gasteiger partial charge in [-0.2, -0.15) is 0 Å². The zero-order chi connectivity index (χ0) is 13.8. The Morgan fingerprint density at radius 2 is 1.58 bits per heavy atom. The van der Waals surface area contributed by atoms with Crippen LogP contribution in [0.15, 0.2) is 42.5 Å². The molecule has 100 valence electrons. The molecule has 0 aliphatic heterocycles. The number of hydrogen-bond donors (Lipinski definition) is 1. The topological polar surface area (TPSA) is 12.0 Å². The van der Waals surface area contributed by atoms with E-state index in [1.165, 1.54) is 18.2 Å². The first-order valence-electron chi connectivity index (χ1n) is 5.99. The normalized spacial score (nSPS) is 12.4. The summed E-state index contributed by atoms with van der Waals surface area (Å²) in [5, 5.41) is 3.07. The Hall–Kier alpha value is -1.81. The molecule has 0 spiro atoms. The molecule has 1 N–H and O–H groups in total. The van der Waals surface area contributed by atoms with Crippen molar-refractivity contribution in [2.75, 3.05) is 0 Å². The number of rotatable bonds is 4. The van der Waals surface area contributed by atoms with Gasteiger partial charge < -0.3 is 5.32 Å². The van der Waals surface area contributed by atoms with Crippen molar-refractivity contribution in [2.24, 2.45) is 0 Å². The molecule has 2 rings (SSSR count). The van der Waals surface area contributed by atoms with E-state index in [1.54, 1.807) is 12.1 Å². The molecule has 2 aromatic carbocycles. The fraction of sp³-hybridized carbons (Fsp3) is 0.200. The highest BCUT2D eigenvalue weighted by molar-refractivity contribution is 5.21. The molecule has 1 atom stereocenters. The van der Waals surface area contributed by atoms with Crippen molar-refractivity contribution in [3.8, 4) is 0 Å². The second-order valence-electron chi connectivity index (χ2n) is 4.39. The van der Waals surface area contributed by atoms with Crippen LogP contribution >= 0.6 is 0 Å². The van der Waals surface area contributed by atoms with Crippen molar-refractivity contribution in [1.82, 2.24) is 5.32 Å². The average molecular weight is 265 g/mol.